The first-order valence-electron chi connectivity index (χ1n) is 4.74. The molecule has 0 bridgehead atoms. The van der Waals surface area contributed by atoms with Crippen molar-refractivity contribution in [3.05, 3.63) is 23.4 Å². The summed E-state index contributed by atoms with van der Waals surface area (Å²) in [6.45, 7) is 5.63. The highest BCUT2D eigenvalue weighted by atomic mass is 16.5. The van der Waals surface area contributed by atoms with Gasteiger partial charge in [-0.3, -0.25) is 9.59 Å². The van der Waals surface area contributed by atoms with Gasteiger partial charge in [-0.25, -0.2) is 4.98 Å². The van der Waals surface area contributed by atoms with Crippen LogP contribution in [0.25, 0.3) is 0 Å². The van der Waals surface area contributed by atoms with Gasteiger partial charge in [0.25, 0.3) is 6.47 Å². The lowest BCUT2D eigenvalue weighted by molar-refractivity contribution is -0.122. The van der Waals surface area contributed by atoms with Gasteiger partial charge in [0, 0.05) is 5.56 Å². The number of carboxylic acid groups (broad SMARTS) is 1. The molecule has 5 nitrogen and oxygen atoms in total. The molecule has 0 spiro atoms. The standard InChI is InChI=1S/C8H9NO2.C2H6.CH2O2/c1-6-3-4-7(5-10)9-8(6)11-2;1-2;2-1-3/h3-5H,1-2H3;1-2H3;1H,(H,2,3). The Bertz CT molecular complexity index is 313. The van der Waals surface area contributed by atoms with Crippen molar-refractivity contribution in [2.45, 2.75) is 20.8 Å². The Morgan fingerprint density at radius 1 is 1.31 bits per heavy atom. The lowest BCUT2D eigenvalue weighted by Crippen LogP contribution is -1.94. The van der Waals surface area contributed by atoms with Crippen LogP contribution in [0, 0.1) is 6.92 Å². The topological polar surface area (TPSA) is 76.5 Å². The molecule has 0 fully saturated rings. The molecule has 0 aliphatic carbocycles. The van der Waals surface area contributed by atoms with E-state index in [9.17, 15) is 4.79 Å². The summed E-state index contributed by atoms with van der Waals surface area (Å²) >= 11 is 0. The van der Waals surface area contributed by atoms with Crippen LogP contribution in [0.2, 0.25) is 0 Å². The van der Waals surface area contributed by atoms with Crippen LogP contribution < -0.4 is 4.74 Å². The normalized spacial score (nSPS) is 7.50. The van der Waals surface area contributed by atoms with Crippen LogP contribution in [0.5, 0.6) is 5.88 Å². The summed E-state index contributed by atoms with van der Waals surface area (Å²) in [4.78, 5) is 22.5. The summed E-state index contributed by atoms with van der Waals surface area (Å²) in [7, 11) is 1.53. The number of ether oxygens (including phenoxy) is 1. The highest BCUT2D eigenvalue weighted by Crippen LogP contribution is 2.12. The largest absolute Gasteiger partial charge is 0.483 e. The molecule has 1 rings (SSSR count). The molecule has 0 aliphatic rings. The zero-order valence-electron chi connectivity index (χ0n) is 9.93. The van der Waals surface area contributed by atoms with E-state index in [-0.39, 0.29) is 6.47 Å². The van der Waals surface area contributed by atoms with Crippen LogP contribution >= 0.6 is 0 Å². The summed E-state index contributed by atoms with van der Waals surface area (Å²) < 4.78 is 4.92. The average Bonchev–Trinajstić information content (AvgIpc) is 2.33. The predicted molar refractivity (Wildman–Crippen MR) is 61.0 cm³/mol. The highest BCUT2D eigenvalue weighted by Gasteiger charge is 1.99. The Labute approximate surface area is 95.1 Å². The zero-order valence-corrected chi connectivity index (χ0v) is 9.93. The monoisotopic (exact) mass is 227 g/mol. The van der Waals surface area contributed by atoms with Gasteiger partial charge in [-0.05, 0) is 13.0 Å². The van der Waals surface area contributed by atoms with Crippen LogP contribution in [-0.4, -0.2) is 30.0 Å². The van der Waals surface area contributed by atoms with Crippen molar-refractivity contribution in [1.82, 2.24) is 4.98 Å². The van der Waals surface area contributed by atoms with Crippen LogP contribution in [0.4, 0.5) is 0 Å². The molecule has 0 radical (unpaired) electrons. The first kappa shape index (κ1) is 16.5. The Balaban J connectivity index is 0. The molecule has 16 heavy (non-hydrogen) atoms. The molecular formula is C11H17NO4. The van der Waals surface area contributed by atoms with E-state index in [4.69, 9.17) is 14.6 Å². The van der Waals surface area contributed by atoms with E-state index in [2.05, 4.69) is 4.98 Å². The van der Waals surface area contributed by atoms with E-state index in [0.717, 1.165) is 5.56 Å². The van der Waals surface area contributed by atoms with Gasteiger partial charge in [0.05, 0.1) is 7.11 Å². The molecule has 90 valence electrons. The van der Waals surface area contributed by atoms with E-state index in [1.807, 2.05) is 20.8 Å². The van der Waals surface area contributed by atoms with E-state index in [0.29, 0.717) is 17.9 Å². The summed E-state index contributed by atoms with van der Waals surface area (Å²) in [5.74, 6) is 0.509. The van der Waals surface area contributed by atoms with Crippen molar-refractivity contribution in [3.8, 4) is 5.88 Å². The number of rotatable bonds is 2. The third kappa shape index (κ3) is 6.53. The van der Waals surface area contributed by atoms with E-state index in [1.54, 1.807) is 12.1 Å². The van der Waals surface area contributed by atoms with Crippen LogP contribution in [0.3, 0.4) is 0 Å². The molecule has 0 aromatic carbocycles. The van der Waals surface area contributed by atoms with Crippen molar-refractivity contribution in [2.75, 3.05) is 7.11 Å². The van der Waals surface area contributed by atoms with Gasteiger partial charge >= 0.3 is 0 Å². The summed E-state index contributed by atoms with van der Waals surface area (Å²) in [6.07, 6.45) is 0.696. The third-order valence-electron chi connectivity index (χ3n) is 1.39. The molecule has 0 aliphatic heterocycles. The number of methoxy groups -OCH3 is 1. The van der Waals surface area contributed by atoms with Gasteiger partial charge in [-0.1, -0.05) is 19.9 Å². The van der Waals surface area contributed by atoms with Crippen LogP contribution in [-0.2, 0) is 4.79 Å². The van der Waals surface area contributed by atoms with Gasteiger partial charge in [-0.15, -0.1) is 0 Å². The second-order valence-corrected chi connectivity index (χ2v) is 2.29. The summed E-state index contributed by atoms with van der Waals surface area (Å²) in [6, 6.07) is 3.46. The van der Waals surface area contributed by atoms with Crippen LogP contribution in [0.15, 0.2) is 12.1 Å². The number of aromatic nitrogens is 1. The zero-order chi connectivity index (χ0) is 13.0. The molecule has 1 N–H and O–H groups in total. The summed E-state index contributed by atoms with van der Waals surface area (Å²) in [5.41, 5.74) is 1.32. The first-order valence-corrected chi connectivity index (χ1v) is 4.74. The molecule has 0 amide bonds. The first-order chi connectivity index (χ1) is 7.69. The van der Waals surface area contributed by atoms with Gasteiger partial charge in [0.1, 0.15) is 5.69 Å². The maximum absolute atomic E-state index is 10.3. The maximum Gasteiger partial charge on any atom is 0.290 e. The number of aryl methyl sites for hydroxylation is 1. The minimum atomic E-state index is -0.250. The van der Waals surface area contributed by atoms with Crippen molar-refractivity contribution in [3.63, 3.8) is 0 Å². The Morgan fingerprint density at radius 3 is 2.19 bits per heavy atom. The Hall–Kier alpha value is -1.91. The minimum absolute atomic E-state index is 0.250. The van der Waals surface area contributed by atoms with Crippen molar-refractivity contribution >= 4 is 12.8 Å². The van der Waals surface area contributed by atoms with E-state index < -0.39 is 0 Å². The number of hydrogen-bond acceptors (Lipinski definition) is 4. The van der Waals surface area contributed by atoms with Crippen molar-refractivity contribution < 1.29 is 19.4 Å². The molecule has 0 atom stereocenters. The number of nitrogens with zero attached hydrogens (tertiary/aromatic N) is 1. The number of aldehydes is 1. The van der Waals surface area contributed by atoms with E-state index in [1.165, 1.54) is 7.11 Å². The molecular weight excluding hydrogens is 210 g/mol. The predicted octanol–water partition coefficient (Wildman–Crippen LogP) is 1.94. The lowest BCUT2D eigenvalue weighted by Gasteiger charge is -2.01. The fourth-order valence-electron chi connectivity index (χ4n) is 0.797. The smallest absolute Gasteiger partial charge is 0.290 e. The quantitative estimate of drug-likeness (QED) is 0.781. The molecule has 1 aromatic heterocycles. The number of carbonyl (C=O) groups excluding carboxylic acids is 1. The van der Waals surface area contributed by atoms with Gasteiger partial charge in [-0.2, -0.15) is 0 Å². The number of carbonyl (C=O) groups is 2. The fourth-order valence-corrected chi connectivity index (χ4v) is 0.797. The average molecular weight is 227 g/mol. The van der Waals surface area contributed by atoms with Gasteiger partial charge in [0.15, 0.2) is 6.29 Å². The van der Waals surface area contributed by atoms with Gasteiger partial charge in [0.2, 0.25) is 5.88 Å². The molecule has 0 unspecified atom stereocenters. The third-order valence-corrected chi connectivity index (χ3v) is 1.39. The van der Waals surface area contributed by atoms with Crippen molar-refractivity contribution in [1.29, 1.82) is 0 Å². The maximum atomic E-state index is 10.3. The fraction of sp³-hybridized carbons (Fsp3) is 0.364. The molecule has 1 aromatic rings. The van der Waals surface area contributed by atoms with Crippen LogP contribution in [0.1, 0.15) is 29.9 Å². The molecule has 5 heteroatoms. The Kier molecular flexibility index (Phi) is 11.5. The highest BCUT2D eigenvalue weighted by molar-refractivity contribution is 5.72. The second-order valence-electron chi connectivity index (χ2n) is 2.29. The SMILES string of the molecule is CC.COc1nc(C=O)ccc1C.O=CO. The lowest BCUT2D eigenvalue weighted by atomic mass is 10.3. The number of hydrogen-bond donors (Lipinski definition) is 1. The minimum Gasteiger partial charge on any atom is -0.483 e. The number of pyridine rings is 1. The Morgan fingerprint density at radius 2 is 1.81 bits per heavy atom. The molecule has 1 heterocycles. The second kappa shape index (κ2) is 11.2. The summed E-state index contributed by atoms with van der Waals surface area (Å²) in [5, 5.41) is 6.89. The van der Waals surface area contributed by atoms with Gasteiger partial charge < -0.3 is 9.84 Å². The molecule has 0 saturated carbocycles. The van der Waals surface area contributed by atoms with Crippen molar-refractivity contribution in [2.24, 2.45) is 0 Å². The molecule has 0 saturated heterocycles. The van der Waals surface area contributed by atoms with E-state index >= 15 is 0 Å².